The summed E-state index contributed by atoms with van der Waals surface area (Å²) in [6.45, 7) is 8.82. The fraction of sp³-hybridized carbons (Fsp3) is 0.370. The Balaban J connectivity index is 1.00. The Morgan fingerprint density at radius 1 is 0.754 bits per heavy atom. The first-order valence-electron chi connectivity index (χ1n) is 20.8. The molecule has 7 rings (SSSR count). The molecule has 0 unspecified atom stereocenters. The van der Waals surface area contributed by atoms with E-state index in [1.807, 2.05) is 63.2 Å². The third kappa shape index (κ3) is 9.59. The summed E-state index contributed by atoms with van der Waals surface area (Å²) in [6.07, 6.45) is 8.06. The fourth-order valence-corrected chi connectivity index (χ4v) is 8.02. The number of alkyl carbamates (subject to hydrolysis) is 1. The van der Waals surface area contributed by atoms with Gasteiger partial charge in [0.2, 0.25) is 11.8 Å². The predicted molar refractivity (Wildman–Crippen MR) is 230 cm³/mol. The number of H-pyrrole nitrogens is 2. The van der Waals surface area contributed by atoms with Gasteiger partial charge in [-0.2, -0.15) is 5.26 Å². The number of rotatable bonds is 12. The monoisotopic (exact) mass is 824 g/mol. The second kappa shape index (κ2) is 19.0. The molecule has 15 nitrogen and oxygen atoms in total. The first kappa shape index (κ1) is 42.2. The molecule has 0 aliphatic carbocycles. The Kier molecular flexibility index (Phi) is 13.1. The zero-order valence-electron chi connectivity index (χ0n) is 35.1. The molecule has 2 fully saturated rings. The van der Waals surface area contributed by atoms with Gasteiger partial charge in [-0.3, -0.25) is 9.59 Å². The molecule has 0 spiro atoms. The minimum Gasteiger partial charge on any atom is -0.453 e. The van der Waals surface area contributed by atoms with Gasteiger partial charge in [0.1, 0.15) is 29.5 Å². The van der Waals surface area contributed by atoms with Crippen molar-refractivity contribution in [2.75, 3.05) is 20.2 Å². The van der Waals surface area contributed by atoms with Crippen molar-refractivity contribution in [1.29, 1.82) is 5.26 Å². The molecule has 5 aromatic rings. The molecule has 2 aromatic heterocycles. The van der Waals surface area contributed by atoms with Crippen molar-refractivity contribution in [3.8, 4) is 45.6 Å². The maximum atomic E-state index is 14.1. The van der Waals surface area contributed by atoms with Gasteiger partial charge in [-0.15, -0.1) is 0 Å². The lowest BCUT2D eigenvalue weighted by Crippen LogP contribution is -2.51. The van der Waals surface area contributed by atoms with E-state index in [9.17, 15) is 19.6 Å². The highest BCUT2D eigenvalue weighted by Crippen LogP contribution is 2.35. The number of ether oxygens (including phenoxy) is 2. The lowest BCUT2D eigenvalue weighted by Gasteiger charge is -2.30. The first-order chi connectivity index (χ1) is 29.5. The van der Waals surface area contributed by atoms with E-state index in [1.165, 1.54) is 7.11 Å². The van der Waals surface area contributed by atoms with Crippen molar-refractivity contribution >= 4 is 23.9 Å². The van der Waals surface area contributed by atoms with Gasteiger partial charge in [0, 0.05) is 13.1 Å². The molecular weight excluding hydrogens is 773 g/mol. The minimum absolute atomic E-state index is 0.0290. The van der Waals surface area contributed by atoms with Gasteiger partial charge in [-0.05, 0) is 71.9 Å². The van der Waals surface area contributed by atoms with E-state index in [-0.39, 0.29) is 41.8 Å². The minimum atomic E-state index is -0.768. The number of hydrogen-bond donors (Lipinski definition) is 4. The Morgan fingerprint density at radius 2 is 1.26 bits per heavy atom. The third-order valence-corrected chi connectivity index (χ3v) is 11.3. The lowest BCUT2D eigenvalue weighted by atomic mass is 10.0. The largest absolute Gasteiger partial charge is 0.453 e. The summed E-state index contributed by atoms with van der Waals surface area (Å²) in [4.78, 5) is 64.2. The Bertz CT molecular complexity index is 2370. The highest BCUT2D eigenvalue weighted by atomic mass is 16.5. The van der Waals surface area contributed by atoms with Gasteiger partial charge in [-0.25, -0.2) is 25.1 Å². The summed E-state index contributed by atoms with van der Waals surface area (Å²) in [5, 5.41) is 14.6. The molecule has 4 heterocycles. The van der Waals surface area contributed by atoms with Gasteiger partial charge in [0.25, 0.3) is 0 Å². The number of benzene rings is 3. The number of likely N-dealkylation sites (tertiary alicyclic amines) is 2. The molecule has 2 aliphatic heterocycles. The van der Waals surface area contributed by atoms with Crippen LogP contribution in [0.2, 0.25) is 0 Å². The average Bonchev–Trinajstić information content (AvgIpc) is 4.12. The average molecular weight is 825 g/mol. The van der Waals surface area contributed by atoms with E-state index >= 15 is 0 Å². The van der Waals surface area contributed by atoms with Crippen molar-refractivity contribution in [1.82, 2.24) is 40.4 Å². The van der Waals surface area contributed by atoms with Crippen LogP contribution in [0.15, 0.2) is 96.2 Å². The second-order valence-electron chi connectivity index (χ2n) is 16.0. The number of aliphatic imine (C=N–C) groups is 1. The van der Waals surface area contributed by atoms with Crippen LogP contribution in [0.3, 0.4) is 0 Å². The molecule has 2 aliphatic rings. The number of amides is 3. The summed E-state index contributed by atoms with van der Waals surface area (Å²) < 4.78 is 10.6. The number of nitrogens with zero attached hydrogens (tertiary/aromatic N) is 6. The summed E-state index contributed by atoms with van der Waals surface area (Å²) in [5.41, 5.74) is 5.74. The van der Waals surface area contributed by atoms with Crippen molar-refractivity contribution < 1.29 is 23.9 Å². The number of aromatic amines is 2. The van der Waals surface area contributed by atoms with Crippen LogP contribution in [-0.2, 0) is 14.3 Å². The SMILES string of the molecule is COC(=O)N[C@H](C(=O)N1CCC[C@H]1c1ncc(-c2ccc(-c3ccc(-c4cnc([C@@H]5CCCN5C(=O)[C@@H](N=C(NC#N)Oc5ccccc5)C(C)C)[nH]4)cc3)cc2)[nH]1)C(C)C. The van der Waals surface area contributed by atoms with Crippen LogP contribution < -0.4 is 15.4 Å². The number of para-hydroxylation sites is 1. The number of imidazole rings is 2. The van der Waals surface area contributed by atoms with E-state index in [0.717, 1.165) is 65.1 Å². The van der Waals surface area contributed by atoms with E-state index in [2.05, 4.69) is 79.1 Å². The van der Waals surface area contributed by atoms with Crippen LogP contribution >= 0.6 is 0 Å². The number of carbonyl (C=O) groups is 3. The van der Waals surface area contributed by atoms with Gasteiger partial charge in [0.15, 0.2) is 6.19 Å². The number of nitrogens with one attached hydrogen (secondary N) is 4. The molecule has 0 bridgehead atoms. The van der Waals surface area contributed by atoms with Crippen molar-refractivity contribution in [2.45, 2.75) is 77.5 Å². The normalized spacial score (nSPS) is 17.6. The van der Waals surface area contributed by atoms with E-state index in [4.69, 9.17) is 14.5 Å². The van der Waals surface area contributed by atoms with E-state index in [1.54, 1.807) is 23.2 Å². The number of carbonyl (C=O) groups excluding carboxylic acids is 3. The summed E-state index contributed by atoms with van der Waals surface area (Å²) in [6, 6.07) is 23.6. The van der Waals surface area contributed by atoms with Crippen LogP contribution in [0, 0.1) is 23.3 Å². The number of methoxy groups -OCH3 is 1. The fourth-order valence-electron chi connectivity index (χ4n) is 8.02. The third-order valence-electron chi connectivity index (χ3n) is 11.3. The zero-order chi connectivity index (χ0) is 43.0. The van der Waals surface area contributed by atoms with Crippen LogP contribution in [0.25, 0.3) is 33.6 Å². The standard InChI is InChI=1S/C46H52N10O5/c1-28(2)39(53-45(50-27-47)61-34-11-7-6-8-12-34)43(57)55-23-9-13-37(55)41-48-25-35(51-41)32-19-15-30(16-20-32)31-17-21-33(22-18-31)36-26-49-42(52-36)38-14-10-24-56(38)44(58)40(29(3)4)54-46(59)60-5/h6-8,11-12,15-22,25-26,28-29,37-40H,9-10,13-14,23-24H2,1-5H3,(H,48,51)(H,49,52)(H,50,53)(H,54,59)/t37-,38-,39-,40-/m0/s1. The molecule has 2 saturated heterocycles. The van der Waals surface area contributed by atoms with Crippen LogP contribution in [0.5, 0.6) is 5.75 Å². The number of hydrogen-bond acceptors (Lipinski definition) is 9. The highest BCUT2D eigenvalue weighted by molar-refractivity contribution is 5.88. The molecular formula is C46H52N10O5. The van der Waals surface area contributed by atoms with Crippen LogP contribution in [0.1, 0.15) is 77.1 Å². The molecule has 0 radical (unpaired) electrons. The molecule has 4 N–H and O–H groups in total. The van der Waals surface area contributed by atoms with Crippen molar-refractivity contribution in [3.05, 3.63) is 103 Å². The van der Waals surface area contributed by atoms with E-state index < -0.39 is 18.2 Å². The Labute approximate surface area is 355 Å². The molecule has 15 heteroatoms. The van der Waals surface area contributed by atoms with Crippen LogP contribution in [0.4, 0.5) is 4.79 Å². The second-order valence-corrected chi connectivity index (χ2v) is 16.0. The molecule has 3 amide bonds. The smallest absolute Gasteiger partial charge is 0.407 e. The highest BCUT2D eigenvalue weighted by Gasteiger charge is 2.39. The quantitative estimate of drug-likeness (QED) is 0.0430. The van der Waals surface area contributed by atoms with Gasteiger partial charge < -0.3 is 34.6 Å². The molecule has 61 heavy (non-hydrogen) atoms. The number of amidine groups is 1. The van der Waals surface area contributed by atoms with Gasteiger partial charge >= 0.3 is 12.1 Å². The Hall–Kier alpha value is -6.95. The number of aromatic nitrogens is 4. The molecule has 316 valence electrons. The summed E-state index contributed by atoms with van der Waals surface area (Å²) in [7, 11) is 1.29. The Morgan fingerprint density at radius 3 is 1.74 bits per heavy atom. The van der Waals surface area contributed by atoms with Gasteiger partial charge in [0.05, 0.1) is 43.0 Å². The lowest BCUT2D eigenvalue weighted by molar-refractivity contribution is -0.136. The topological polar surface area (TPSA) is 194 Å². The van der Waals surface area contributed by atoms with E-state index in [0.29, 0.717) is 24.7 Å². The maximum Gasteiger partial charge on any atom is 0.407 e. The predicted octanol–water partition coefficient (Wildman–Crippen LogP) is 7.37. The number of nitriles is 1. The maximum absolute atomic E-state index is 14.1. The summed E-state index contributed by atoms with van der Waals surface area (Å²) >= 11 is 0. The molecule has 4 atom stereocenters. The van der Waals surface area contributed by atoms with Crippen LogP contribution in [-0.4, -0.2) is 85.9 Å². The summed E-state index contributed by atoms with van der Waals surface area (Å²) in [5.74, 6) is 1.38. The van der Waals surface area contributed by atoms with Crippen molar-refractivity contribution in [2.24, 2.45) is 16.8 Å². The molecule has 0 saturated carbocycles. The zero-order valence-corrected chi connectivity index (χ0v) is 35.1. The first-order valence-corrected chi connectivity index (χ1v) is 20.8. The van der Waals surface area contributed by atoms with Gasteiger partial charge in [-0.1, -0.05) is 94.4 Å². The van der Waals surface area contributed by atoms with Crippen molar-refractivity contribution in [3.63, 3.8) is 0 Å². The molecule has 3 aromatic carbocycles.